The fourth-order valence-corrected chi connectivity index (χ4v) is 5.24. The van der Waals surface area contributed by atoms with Gasteiger partial charge in [-0.15, -0.1) is 0 Å². The summed E-state index contributed by atoms with van der Waals surface area (Å²) < 4.78 is 26.3. The molecule has 6 heteroatoms. The third kappa shape index (κ3) is 4.38. The van der Waals surface area contributed by atoms with Crippen molar-refractivity contribution in [3.8, 4) is 0 Å². The first kappa shape index (κ1) is 20.4. The van der Waals surface area contributed by atoms with E-state index in [-0.39, 0.29) is 11.9 Å². The van der Waals surface area contributed by atoms with Crippen molar-refractivity contribution in [2.75, 3.05) is 10.6 Å². The second kappa shape index (κ2) is 7.95. The number of amides is 1. The molecule has 0 spiro atoms. The molecule has 0 saturated carbocycles. The van der Waals surface area contributed by atoms with Gasteiger partial charge in [0.25, 0.3) is 0 Å². The number of nitrogens with one attached hydrogen (secondary N) is 1. The Balaban J connectivity index is 1.88. The van der Waals surface area contributed by atoms with Crippen LogP contribution in [0.4, 0.5) is 5.69 Å². The second-order valence-corrected chi connectivity index (χ2v) is 9.59. The summed E-state index contributed by atoms with van der Waals surface area (Å²) in [4.78, 5) is 13.0. The summed E-state index contributed by atoms with van der Waals surface area (Å²) in [6.07, 6.45) is 4.02. The standard InChI is InChI=1S/C22H28N2O3S/c1-15-12-16(2)14-19(13-15)24(28(4,26)27)17(3)22(25)23-21-11-7-9-18-8-5-6-10-20(18)21/h5-6,8,10,12-14,17,21H,7,9,11H2,1-4H3,(H,23,25)/t17-,21+/m0/s1. The fourth-order valence-electron chi connectivity index (χ4n) is 4.08. The van der Waals surface area contributed by atoms with Gasteiger partial charge in [-0.05, 0) is 74.4 Å². The van der Waals surface area contributed by atoms with E-state index in [9.17, 15) is 13.2 Å². The van der Waals surface area contributed by atoms with Crippen LogP contribution in [0.5, 0.6) is 0 Å². The number of sulfonamides is 1. The molecule has 28 heavy (non-hydrogen) atoms. The maximum atomic E-state index is 13.0. The van der Waals surface area contributed by atoms with Crippen LogP contribution in [0.1, 0.15) is 48.1 Å². The molecule has 1 N–H and O–H groups in total. The highest BCUT2D eigenvalue weighted by molar-refractivity contribution is 7.92. The van der Waals surface area contributed by atoms with Crippen molar-refractivity contribution in [2.45, 2.75) is 52.1 Å². The van der Waals surface area contributed by atoms with Gasteiger partial charge in [-0.1, -0.05) is 30.3 Å². The predicted molar refractivity (Wildman–Crippen MR) is 113 cm³/mol. The predicted octanol–water partition coefficient (Wildman–Crippen LogP) is 3.65. The maximum Gasteiger partial charge on any atom is 0.244 e. The van der Waals surface area contributed by atoms with E-state index in [1.165, 1.54) is 9.87 Å². The molecule has 1 aliphatic carbocycles. The second-order valence-electron chi connectivity index (χ2n) is 7.73. The summed E-state index contributed by atoms with van der Waals surface area (Å²) in [7, 11) is -3.62. The molecular formula is C22H28N2O3S. The van der Waals surface area contributed by atoms with E-state index < -0.39 is 16.1 Å². The highest BCUT2D eigenvalue weighted by atomic mass is 32.2. The van der Waals surface area contributed by atoms with Gasteiger partial charge in [0.2, 0.25) is 15.9 Å². The Bertz CT molecular complexity index is 965. The van der Waals surface area contributed by atoms with Crippen LogP contribution >= 0.6 is 0 Å². The van der Waals surface area contributed by atoms with Crippen LogP contribution in [0, 0.1) is 13.8 Å². The number of carbonyl (C=O) groups is 1. The summed E-state index contributed by atoms with van der Waals surface area (Å²) in [5.74, 6) is -0.286. The molecule has 1 aliphatic rings. The first-order chi connectivity index (χ1) is 13.2. The molecule has 0 bridgehead atoms. The Morgan fingerprint density at radius 2 is 1.79 bits per heavy atom. The topological polar surface area (TPSA) is 66.5 Å². The molecule has 0 radical (unpaired) electrons. The van der Waals surface area contributed by atoms with Crippen molar-refractivity contribution in [1.29, 1.82) is 0 Å². The lowest BCUT2D eigenvalue weighted by Crippen LogP contribution is -2.49. The summed E-state index contributed by atoms with van der Waals surface area (Å²) in [5, 5.41) is 3.08. The molecule has 0 unspecified atom stereocenters. The summed E-state index contributed by atoms with van der Waals surface area (Å²) in [5.41, 5.74) is 4.81. The number of anilines is 1. The Morgan fingerprint density at radius 3 is 2.43 bits per heavy atom. The highest BCUT2D eigenvalue weighted by Crippen LogP contribution is 2.30. The minimum absolute atomic E-state index is 0.0828. The van der Waals surface area contributed by atoms with Crippen LogP contribution in [0.25, 0.3) is 0 Å². The zero-order valence-electron chi connectivity index (χ0n) is 16.9. The molecule has 150 valence electrons. The molecule has 0 aliphatic heterocycles. The van der Waals surface area contributed by atoms with Crippen molar-refractivity contribution in [2.24, 2.45) is 0 Å². The Hall–Kier alpha value is -2.34. The van der Waals surface area contributed by atoms with Gasteiger partial charge in [-0.3, -0.25) is 9.10 Å². The first-order valence-corrected chi connectivity index (χ1v) is 11.5. The van der Waals surface area contributed by atoms with Gasteiger partial charge < -0.3 is 5.32 Å². The van der Waals surface area contributed by atoms with Crippen molar-refractivity contribution in [3.05, 3.63) is 64.7 Å². The first-order valence-electron chi connectivity index (χ1n) is 9.62. The smallest absolute Gasteiger partial charge is 0.244 e. The van der Waals surface area contributed by atoms with Crippen LogP contribution in [-0.4, -0.2) is 26.6 Å². The average Bonchev–Trinajstić information content (AvgIpc) is 2.60. The van der Waals surface area contributed by atoms with Crippen LogP contribution in [-0.2, 0) is 21.2 Å². The normalized spacial score (nSPS) is 17.5. The van der Waals surface area contributed by atoms with Gasteiger partial charge in [-0.25, -0.2) is 8.42 Å². The molecule has 2 atom stereocenters. The SMILES string of the molecule is Cc1cc(C)cc(N([C@@H](C)C(=O)N[C@@H]2CCCc3ccccc32)S(C)(=O)=O)c1. The lowest BCUT2D eigenvalue weighted by atomic mass is 9.87. The molecule has 1 amide bonds. The number of carbonyl (C=O) groups excluding carboxylic acids is 1. The Kier molecular flexibility index (Phi) is 5.79. The number of nitrogens with zero attached hydrogens (tertiary/aromatic N) is 1. The number of benzene rings is 2. The zero-order valence-corrected chi connectivity index (χ0v) is 17.7. The number of hydrogen-bond donors (Lipinski definition) is 1. The van der Waals surface area contributed by atoms with E-state index in [4.69, 9.17) is 0 Å². The third-order valence-corrected chi connectivity index (χ3v) is 6.48. The van der Waals surface area contributed by atoms with E-state index in [2.05, 4.69) is 11.4 Å². The number of rotatable bonds is 5. The molecule has 0 saturated heterocycles. The number of hydrogen-bond acceptors (Lipinski definition) is 3. The molecular weight excluding hydrogens is 372 g/mol. The minimum Gasteiger partial charge on any atom is -0.347 e. The van der Waals surface area contributed by atoms with Crippen LogP contribution in [0.15, 0.2) is 42.5 Å². The molecule has 3 rings (SSSR count). The Labute approximate surface area is 167 Å². The van der Waals surface area contributed by atoms with E-state index in [0.29, 0.717) is 5.69 Å². The molecule has 2 aromatic carbocycles. The van der Waals surface area contributed by atoms with Gasteiger partial charge in [0.1, 0.15) is 6.04 Å². The van der Waals surface area contributed by atoms with E-state index in [1.54, 1.807) is 19.1 Å². The number of aryl methyl sites for hydroxylation is 3. The molecule has 0 heterocycles. The molecule has 0 aromatic heterocycles. The van der Waals surface area contributed by atoms with E-state index >= 15 is 0 Å². The summed E-state index contributed by atoms with van der Waals surface area (Å²) in [6, 6.07) is 12.8. The van der Waals surface area contributed by atoms with Crippen molar-refractivity contribution < 1.29 is 13.2 Å². The monoisotopic (exact) mass is 400 g/mol. The van der Waals surface area contributed by atoms with Crippen molar-refractivity contribution in [3.63, 3.8) is 0 Å². The van der Waals surface area contributed by atoms with Gasteiger partial charge in [0.15, 0.2) is 0 Å². The van der Waals surface area contributed by atoms with Crippen molar-refractivity contribution in [1.82, 2.24) is 5.32 Å². The zero-order chi connectivity index (χ0) is 20.5. The van der Waals surface area contributed by atoms with Crippen LogP contribution in [0.3, 0.4) is 0 Å². The summed E-state index contributed by atoms with van der Waals surface area (Å²) in [6.45, 7) is 5.48. The minimum atomic E-state index is -3.62. The largest absolute Gasteiger partial charge is 0.347 e. The van der Waals surface area contributed by atoms with Gasteiger partial charge >= 0.3 is 0 Å². The van der Waals surface area contributed by atoms with Crippen molar-refractivity contribution >= 4 is 21.6 Å². The lowest BCUT2D eigenvalue weighted by molar-refractivity contribution is -0.122. The quantitative estimate of drug-likeness (QED) is 0.833. The molecule has 2 aromatic rings. The summed E-state index contributed by atoms with van der Waals surface area (Å²) >= 11 is 0. The third-order valence-electron chi connectivity index (χ3n) is 5.24. The Morgan fingerprint density at radius 1 is 1.14 bits per heavy atom. The van der Waals surface area contributed by atoms with Crippen LogP contribution < -0.4 is 9.62 Å². The van der Waals surface area contributed by atoms with E-state index in [0.717, 1.165) is 42.2 Å². The highest BCUT2D eigenvalue weighted by Gasteiger charge is 2.31. The molecule has 5 nitrogen and oxygen atoms in total. The number of fused-ring (bicyclic) bond motifs is 1. The van der Waals surface area contributed by atoms with Crippen LogP contribution in [0.2, 0.25) is 0 Å². The van der Waals surface area contributed by atoms with Gasteiger partial charge in [0.05, 0.1) is 18.0 Å². The van der Waals surface area contributed by atoms with E-state index in [1.807, 2.05) is 38.1 Å². The maximum absolute atomic E-state index is 13.0. The van der Waals surface area contributed by atoms with Gasteiger partial charge in [0, 0.05) is 0 Å². The molecule has 0 fully saturated rings. The van der Waals surface area contributed by atoms with Gasteiger partial charge in [-0.2, -0.15) is 0 Å². The fraction of sp³-hybridized carbons (Fsp3) is 0.409. The average molecular weight is 401 g/mol. The lowest BCUT2D eigenvalue weighted by Gasteiger charge is -2.32.